The molecule has 3 rings (SSSR count). The highest BCUT2D eigenvalue weighted by molar-refractivity contribution is 6.03. The normalized spacial score (nSPS) is 15.2. The predicted molar refractivity (Wildman–Crippen MR) is 116 cm³/mol. The van der Waals surface area contributed by atoms with Crippen molar-refractivity contribution in [3.8, 4) is 0 Å². The zero-order chi connectivity index (χ0) is 20.9. The van der Waals surface area contributed by atoms with Crippen molar-refractivity contribution >= 4 is 17.4 Å². The van der Waals surface area contributed by atoms with Gasteiger partial charge >= 0.3 is 0 Å². The molecule has 1 fully saturated rings. The lowest BCUT2D eigenvalue weighted by atomic mass is 9.86. The largest absolute Gasteiger partial charge is 0.379 e. The fraction of sp³-hybridized carbons (Fsp3) is 0.500. The topological polar surface area (TPSA) is 79.4 Å². The van der Waals surface area contributed by atoms with Gasteiger partial charge in [-0.2, -0.15) is 0 Å². The van der Waals surface area contributed by atoms with Crippen molar-refractivity contribution in [2.45, 2.75) is 33.1 Å². The second kappa shape index (κ2) is 9.33. The molecule has 7 heteroatoms. The van der Waals surface area contributed by atoms with Crippen molar-refractivity contribution < 1.29 is 9.53 Å². The fourth-order valence-electron chi connectivity index (χ4n) is 3.37. The van der Waals surface area contributed by atoms with Gasteiger partial charge in [0.2, 0.25) is 0 Å². The van der Waals surface area contributed by atoms with Gasteiger partial charge in [-0.3, -0.25) is 9.69 Å². The van der Waals surface area contributed by atoms with E-state index < -0.39 is 0 Å². The van der Waals surface area contributed by atoms with E-state index in [9.17, 15) is 4.79 Å². The van der Waals surface area contributed by atoms with Gasteiger partial charge in [0.15, 0.2) is 0 Å². The Morgan fingerprint density at radius 3 is 2.62 bits per heavy atom. The highest BCUT2D eigenvalue weighted by Gasteiger charge is 2.20. The number of rotatable bonds is 6. The number of ether oxygens (including phenoxy) is 1. The average molecular weight is 398 g/mol. The lowest BCUT2D eigenvalue weighted by Crippen LogP contribution is -2.39. The molecule has 1 aliphatic heterocycles. The standard InChI is InChI=1S/C22H31N5O2/c1-16-24-19(15-20(25-16)23-9-10-27-11-13-29-14-12-27)21(28)26-18-8-6-5-7-17(18)22(2,3)4/h5-8,15H,9-14H2,1-4H3,(H,26,28)(H,23,24,25). The van der Waals surface area contributed by atoms with Crippen LogP contribution in [0.2, 0.25) is 0 Å². The monoisotopic (exact) mass is 397 g/mol. The first-order valence-corrected chi connectivity index (χ1v) is 10.1. The summed E-state index contributed by atoms with van der Waals surface area (Å²) in [5, 5.41) is 6.33. The number of hydrogen-bond acceptors (Lipinski definition) is 6. The maximum atomic E-state index is 12.9. The van der Waals surface area contributed by atoms with Crippen LogP contribution in [0, 0.1) is 6.92 Å². The lowest BCUT2D eigenvalue weighted by molar-refractivity contribution is 0.0398. The van der Waals surface area contributed by atoms with E-state index in [1.807, 2.05) is 24.3 Å². The third kappa shape index (κ3) is 5.98. The number of carbonyl (C=O) groups excluding carboxylic acids is 1. The first kappa shape index (κ1) is 21.2. The highest BCUT2D eigenvalue weighted by Crippen LogP contribution is 2.29. The zero-order valence-electron chi connectivity index (χ0n) is 17.8. The van der Waals surface area contributed by atoms with Crippen molar-refractivity contribution in [2.75, 3.05) is 50.0 Å². The predicted octanol–water partition coefficient (Wildman–Crippen LogP) is 3.08. The van der Waals surface area contributed by atoms with E-state index >= 15 is 0 Å². The van der Waals surface area contributed by atoms with Crippen LogP contribution in [0.25, 0.3) is 0 Å². The number of hydrogen-bond donors (Lipinski definition) is 2. The van der Waals surface area contributed by atoms with Crippen molar-refractivity contribution in [1.82, 2.24) is 14.9 Å². The summed E-state index contributed by atoms with van der Waals surface area (Å²) in [7, 11) is 0. The van der Waals surface area contributed by atoms with Gasteiger partial charge in [0, 0.05) is 37.9 Å². The Morgan fingerprint density at radius 2 is 1.90 bits per heavy atom. The van der Waals surface area contributed by atoms with Crippen molar-refractivity contribution in [3.63, 3.8) is 0 Å². The number of benzene rings is 1. The third-order valence-corrected chi connectivity index (χ3v) is 4.89. The van der Waals surface area contributed by atoms with E-state index in [0.29, 0.717) is 17.3 Å². The van der Waals surface area contributed by atoms with Gasteiger partial charge in [0.1, 0.15) is 17.3 Å². The summed E-state index contributed by atoms with van der Waals surface area (Å²) < 4.78 is 5.37. The molecule has 1 aromatic heterocycles. The molecule has 0 spiro atoms. The molecule has 1 saturated heterocycles. The molecule has 1 aromatic carbocycles. The smallest absolute Gasteiger partial charge is 0.274 e. The van der Waals surface area contributed by atoms with Crippen LogP contribution in [0.4, 0.5) is 11.5 Å². The number of aromatic nitrogens is 2. The number of para-hydroxylation sites is 1. The quantitative estimate of drug-likeness (QED) is 0.780. The van der Waals surface area contributed by atoms with Crippen LogP contribution >= 0.6 is 0 Å². The molecule has 1 amide bonds. The zero-order valence-corrected chi connectivity index (χ0v) is 17.8. The Balaban J connectivity index is 1.67. The van der Waals surface area contributed by atoms with Gasteiger partial charge < -0.3 is 15.4 Å². The SMILES string of the molecule is Cc1nc(NCCN2CCOCC2)cc(C(=O)Nc2ccccc2C(C)(C)C)n1. The number of anilines is 2. The summed E-state index contributed by atoms with van der Waals surface area (Å²) in [6, 6.07) is 9.59. The Hall–Kier alpha value is -2.51. The molecule has 29 heavy (non-hydrogen) atoms. The number of nitrogens with one attached hydrogen (secondary N) is 2. The highest BCUT2D eigenvalue weighted by atomic mass is 16.5. The van der Waals surface area contributed by atoms with E-state index in [4.69, 9.17) is 4.74 Å². The maximum absolute atomic E-state index is 12.9. The molecule has 2 N–H and O–H groups in total. The van der Waals surface area contributed by atoms with Gasteiger partial charge in [0.25, 0.3) is 5.91 Å². The summed E-state index contributed by atoms with van der Waals surface area (Å²) in [5.41, 5.74) is 2.18. The number of carbonyl (C=O) groups is 1. The summed E-state index contributed by atoms with van der Waals surface area (Å²) in [6.45, 7) is 13.3. The van der Waals surface area contributed by atoms with Crippen LogP contribution in [0.1, 0.15) is 42.6 Å². The Morgan fingerprint density at radius 1 is 1.17 bits per heavy atom. The van der Waals surface area contributed by atoms with E-state index in [-0.39, 0.29) is 11.3 Å². The molecule has 0 unspecified atom stereocenters. The minimum absolute atomic E-state index is 0.0718. The molecule has 0 atom stereocenters. The molecule has 1 aliphatic rings. The number of nitrogens with zero attached hydrogens (tertiary/aromatic N) is 3. The molecule has 2 aromatic rings. The lowest BCUT2D eigenvalue weighted by Gasteiger charge is -2.26. The Bertz CT molecular complexity index is 841. The molecule has 7 nitrogen and oxygen atoms in total. The minimum atomic E-state index is -0.233. The summed E-state index contributed by atoms with van der Waals surface area (Å²) in [6.07, 6.45) is 0. The third-order valence-electron chi connectivity index (χ3n) is 4.89. The first-order chi connectivity index (χ1) is 13.8. The number of morpholine rings is 1. The Labute approximate surface area is 172 Å². The summed E-state index contributed by atoms with van der Waals surface area (Å²) in [5.74, 6) is 0.999. The van der Waals surface area contributed by atoms with E-state index in [1.165, 1.54) is 0 Å². The van der Waals surface area contributed by atoms with Crippen LogP contribution in [0.5, 0.6) is 0 Å². The van der Waals surface area contributed by atoms with Crippen molar-refractivity contribution in [1.29, 1.82) is 0 Å². The molecule has 156 valence electrons. The van der Waals surface area contributed by atoms with Crippen LogP contribution < -0.4 is 10.6 Å². The van der Waals surface area contributed by atoms with Crippen LogP contribution in [0.3, 0.4) is 0 Å². The molecule has 0 saturated carbocycles. The van der Waals surface area contributed by atoms with Crippen LogP contribution in [-0.4, -0.2) is 60.2 Å². The maximum Gasteiger partial charge on any atom is 0.274 e. The fourth-order valence-corrected chi connectivity index (χ4v) is 3.37. The molecular formula is C22H31N5O2. The number of amides is 1. The summed E-state index contributed by atoms with van der Waals surface area (Å²) in [4.78, 5) is 24.0. The molecule has 0 radical (unpaired) electrons. The molecule has 0 bridgehead atoms. The van der Waals surface area contributed by atoms with E-state index in [1.54, 1.807) is 13.0 Å². The molecule has 2 heterocycles. The van der Waals surface area contributed by atoms with Crippen LogP contribution in [-0.2, 0) is 10.2 Å². The Kier molecular flexibility index (Phi) is 6.82. The first-order valence-electron chi connectivity index (χ1n) is 10.1. The van der Waals surface area contributed by atoms with Gasteiger partial charge in [-0.05, 0) is 24.0 Å². The van der Waals surface area contributed by atoms with Gasteiger partial charge in [0.05, 0.1) is 13.2 Å². The van der Waals surface area contributed by atoms with E-state index in [2.05, 4.69) is 46.3 Å². The molecule has 0 aliphatic carbocycles. The van der Waals surface area contributed by atoms with Crippen LogP contribution in [0.15, 0.2) is 30.3 Å². The van der Waals surface area contributed by atoms with Gasteiger partial charge in [-0.15, -0.1) is 0 Å². The average Bonchev–Trinajstić information content (AvgIpc) is 2.68. The van der Waals surface area contributed by atoms with Gasteiger partial charge in [-0.25, -0.2) is 9.97 Å². The summed E-state index contributed by atoms with van der Waals surface area (Å²) >= 11 is 0. The van der Waals surface area contributed by atoms with E-state index in [0.717, 1.165) is 50.6 Å². The second-order valence-corrected chi connectivity index (χ2v) is 8.32. The second-order valence-electron chi connectivity index (χ2n) is 8.32. The van der Waals surface area contributed by atoms with Gasteiger partial charge in [-0.1, -0.05) is 39.0 Å². The van der Waals surface area contributed by atoms with Crippen molar-refractivity contribution in [2.24, 2.45) is 0 Å². The minimum Gasteiger partial charge on any atom is -0.379 e. The van der Waals surface area contributed by atoms with Crippen molar-refractivity contribution in [3.05, 3.63) is 47.4 Å². The molecular weight excluding hydrogens is 366 g/mol. The number of aryl methyl sites for hydroxylation is 1.